The third-order valence-corrected chi connectivity index (χ3v) is 6.95. The molecular weight excluding hydrogens is 433 g/mol. The van der Waals surface area contributed by atoms with Crippen LogP contribution in [0.1, 0.15) is 11.1 Å². The van der Waals surface area contributed by atoms with Gasteiger partial charge in [0.15, 0.2) is 0 Å². The average Bonchev–Trinajstić information content (AvgIpc) is 2.77. The number of halogens is 3. The number of amides is 1. The van der Waals surface area contributed by atoms with Crippen molar-refractivity contribution in [2.24, 2.45) is 0 Å². The van der Waals surface area contributed by atoms with Crippen molar-refractivity contribution in [1.82, 2.24) is 9.62 Å². The van der Waals surface area contributed by atoms with Gasteiger partial charge >= 0.3 is 6.18 Å². The number of sulfonamides is 1. The van der Waals surface area contributed by atoms with E-state index in [2.05, 4.69) is 5.32 Å². The number of carbonyl (C=O) groups excluding carboxylic acids is 1. The minimum Gasteiger partial charge on any atom is -0.368 e. The van der Waals surface area contributed by atoms with Crippen molar-refractivity contribution in [2.75, 3.05) is 31.6 Å². The van der Waals surface area contributed by atoms with Crippen LogP contribution >= 0.6 is 0 Å². The Kier molecular flexibility index (Phi) is 6.24. The van der Waals surface area contributed by atoms with E-state index >= 15 is 0 Å². The van der Waals surface area contributed by atoms with Crippen molar-refractivity contribution in [3.63, 3.8) is 0 Å². The molecule has 1 atom stereocenters. The first-order chi connectivity index (χ1) is 14.6. The Morgan fingerprint density at radius 1 is 1.16 bits per heavy atom. The largest absolute Gasteiger partial charge is 0.417 e. The van der Waals surface area contributed by atoms with E-state index in [1.807, 2.05) is 0 Å². The molecule has 2 aromatic rings. The number of carbonyl (C=O) groups is 1. The predicted octanol–water partition coefficient (Wildman–Crippen LogP) is 2.20. The van der Waals surface area contributed by atoms with Crippen LogP contribution in [0.3, 0.4) is 0 Å². The van der Waals surface area contributed by atoms with Crippen LogP contribution < -0.4 is 10.2 Å². The second kappa shape index (κ2) is 8.56. The number of alkyl halides is 3. The maximum atomic E-state index is 13.3. The monoisotopic (exact) mass is 452 g/mol. The maximum absolute atomic E-state index is 13.3. The summed E-state index contributed by atoms with van der Waals surface area (Å²) in [5.74, 6) is -0.575. The van der Waals surface area contributed by atoms with E-state index in [0.717, 1.165) is 16.4 Å². The normalized spacial score (nSPS) is 17.8. The van der Waals surface area contributed by atoms with Gasteiger partial charge in [-0.05, 0) is 30.3 Å². The van der Waals surface area contributed by atoms with Crippen molar-refractivity contribution in [3.8, 4) is 6.07 Å². The lowest BCUT2D eigenvalue weighted by Crippen LogP contribution is -2.60. The first-order valence-corrected chi connectivity index (χ1v) is 10.7. The molecule has 7 nitrogen and oxygen atoms in total. The van der Waals surface area contributed by atoms with Crippen molar-refractivity contribution >= 4 is 21.6 Å². The van der Waals surface area contributed by atoms with Gasteiger partial charge < -0.3 is 10.2 Å². The van der Waals surface area contributed by atoms with Crippen molar-refractivity contribution in [3.05, 3.63) is 59.7 Å². The zero-order valence-corrected chi connectivity index (χ0v) is 17.2. The van der Waals surface area contributed by atoms with E-state index in [9.17, 15) is 26.4 Å². The molecule has 11 heteroatoms. The zero-order valence-electron chi connectivity index (χ0n) is 16.4. The Morgan fingerprint density at radius 3 is 2.42 bits per heavy atom. The van der Waals surface area contributed by atoms with Gasteiger partial charge in [0, 0.05) is 32.4 Å². The summed E-state index contributed by atoms with van der Waals surface area (Å²) in [5, 5.41) is 11.4. The van der Waals surface area contributed by atoms with Crippen LogP contribution in [-0.2, 0) is 21.0 Å². The molecule has 2 aromatic carbocycles. The van der Waals surface area contributed by atoms with E-state index in [4.69, 9.17) is 5.26 Å². The molecule has 1 unspecified atom stereocenters. The summed E-state index contributed by atoms with van der Waals surface area (Å²) in [6, 6.07) is 11.3. The number of likely N-dealkylation sites (N-methyl/N-ethyl adjacent to an activating group) is 1. The number of nitriles is 1. The van der Waals surface area contributed by atoms with Crippen LogP contribution in [-0.4, -0.2) is 51.4 Å². The molecule has 1 fully saturated rings. The van der Waals surface area contributed by atoms with Crippen LogP contribution in [0.5, 0.6) is 0 Å². The molecule has 0 aromatic heterocycles. The van der Waals surface area contributed by atoms with E-state index in [0.29, 0.717) is 0 Å². The third-order valence-electron chi connectivity index (χ3n) is 5.02. The Balaban J connectivity index is 1.96. The Labute approximate surface area is 177 Å². The van der Waals surface area contributed by atoms with E-state index in [1.54, 1.807) is 18.2 Å². The van der Waals surface area contributed by atoms with E-state index in [1.165, 1.54) is 36.2 Å². The summed E-state index contributed by atoms with van der Waals surface area (Å²) >= 11 is 0. The van der Waals surface area contributed by atoms with E-state index < -0.39 is 39.3 Å². The maximum Gasteiger partial charge on any atom is 0.417 e. The smallest absolute Gasteiger partial charge is 0.368 e. The zero-order chi connectivity index (χ0) is 22.8. The number of nitrogens with one attached hydrogen (secondary N) is 1. The second-order valence-corrected chi connectivity index (χ2v) is 8.73. The van der Waals surface area contributed by atoms with Crippen molar-refractivity contribution in [2.45, 2.75) is 17.1 Å². The van der Waals surface area contributed by atoms with Gasteiger partial charge in [-0.2, -0.15) is 22.7 Å². The number of hydrogen-bond acceptors (Lipinski definition) is 5. The highest BCUT2D eigenvalue weighted by Crippen LogP contribution is 2.35. The molecular formula is C20H19F3N4O3S. The van der Waals surface area contributed by atoms with Gasteiger partial charge in [-0.1, -0.05) is 18.2 Å². The summed E-state index contributed by atoms with van der Waals surface area (Å²) in [5.41, 5.74) is -1.44. The molecule has 0 spiro atoms. The fraction of sp³-hybridized carbons (Fsp3) is 0.300. The minimum absolute atomic E-state index is 0.0232. The van der Waals surface area contributed by atoms with Crippen LogP contribution in [0.15, 0.2) is 53.4 Å². The van der Waals surface area contributed by atoms with Crippen LogP contribution in [0.2, 0.25) is 0 Å². The number of anilines is 1. The van der Waals surface area contributed by atoms with Gasteiger partial charge in [0.2, 0.25) is 15.9 Å². The summed E-state index contributed by atoms with van der Waals surface area (Å²) in [7, 11) is -2.63. The predicted molar refractivity (Wildman–Crippen MR) is 107 cm³/mol. The van der Waals surface area contributed by atoms with Crippen LogP contribution in [0.4, 0.5) is 18.9 Å². The van der Waals surface area contributed by atoms with Crippen LogP contribution in [0, 0.1) is 11.3 Å². The molecule has 0 radical (unpaired) electrons. The lowest BCUT2D eigenvalue weighted by molar-refractivity contribution is -0.137. The molecule has 1 saturated heterocycles. The van der Waals surface area contributed by atoms with Gasteiger partial charge in [0.1, 0.15) is 6.04 Å². The molecule has 0 saturated carbocycles. The van der Waals surface area contributed by atoms with Crippen LogP contribution in [0.25, 0.3) is 0 Å². The van der Waals surface area contributed by atoms with Gasteiger partial charge in [-0.3, -0.25) is 4.79 Å². The number of benzene rings is 2. The highest BCUT2D eigenvalue weighted by atomic mass is 32.2. The Morgan fingerprint density at radius 2 is 1.84 bits per heavy atom. The first-order valence-electron chi connectivity index (χ1n) is 9.24. The fourth-order valence-corrected chi connectivity index (χ4v) is 5.05. The number of nitrogens with zero attached hydrogens (tertiary/aromatic N) is 3. The van der Waals surface area contributed by atoms with E-state index in [-0.39, 0.29) is 30.2 Å². The average molecular weight is 452 g/mol. The first kappa shape index (κ1) is 22.6. The molecule has 164 valence electrons. The molecule has 1 heterocycles. The molecule has 0 aliphatic carbocycles. The summed E-state index contributed by atoms with van der Waals surface area (Å²) < 4.78 is 67.2. The van der Waals surface area contributed by atoms with Gasteiger partial charge in [0.05, 0.1) is 22.1 Å². The minimum atomic E-state index is -4.72. The van der Waals surface area contributed by atoms with Crippen molar-refractivity contribution in [1.29, 1.82) is 5.26 Å². The number of piperazine rings is 1. The number of rotatable bonds is 4. The topological polar surface area (TPSA) is 93.5 Å². The van der Waals surface area contributed by atoms with Crippen molar-refractivity contribution < 1.29 is 26.4 Å². The quantitative estimate of drug-likeness (QED) is 0.768. The molecule has 31 heavy (non-hydrogen) atoms. The standard InChI is InChI=1S/C20H19F3N4O3S/c1-25-19(28)18-13-26(15-8-7-14(12-24)17(11-15)20(21,22)23)9-10-27(18)31(29,30)16-5-3-2-4-6-16/h2-8,11,18H,9-10,13H2,1H3,(H,25,28). The SMILES string of the molecule is CNC(=O)C1CN(c2ccc(C#N)c(C(F)(F)F)c2)CCN1S(=O)(=O)c1ccccc1. The van der Waals surface area contributed by atoms with Gasteiger partial charge in [-0.25, -0.2) is 8.42 Å². The summed E-state index contributed by atoms with van der Waals surface area (Å²) in [4.78, 5) is 14.0. The molecule has 1 N–H and O–H groups in total. The lowest BCUT2D eigenvalue weighted by Gasteiger charge is -2.40. The summed E-state index contributed by atoms with van der Waals surface area (Å²) in [6.07, 6.45) is -4.72. The highest BCUT2D eigenvalue weighted by Gasteiger charge is 2.40. The molecule has 1 amide bonds. The summed E-state index contributed by atoms with van der Waals surface area (Å²) in [6.45, 7) is -0.172. The molecule has 1 aliphatic rings. The third kappa shape index (κ3) is 4.50. The van der Waals surface area contributed by atoms with Gasteiger partial charge in [-0.15, -0.1) is 0 Å². The lowest BCUT2D eigenvalue weighted by atomic mass is 10.1. The molecule has 0 bridgehead atoms. The molecule has 1 aliphatic heterocycles. The fourth-order valence-electron chi connectivity index (χ4n) is 3.46. The Hall–Kier alpha value is -3.10. The highest BCUT2D eigenvalue weighted by molar-refractivity contribution is 7.89. The second-order valence-electron chi connectivity index (χ2n) is 6.84. The Bertz CT molecular complexity index is 1110. The number of hydrogen-bond donors (Lipinski definition) is 1. The molecule has 3 rings (SSSR count). The van der Waals surface area contributed by atoms with Gasteiger partial charge in [0.25, 0.3) is 0 Å².